The lowest BCUT2D eigenvalue weighted by Gasteiger charge is -2.19. The van der Waals surface area contributed by atoms with Gasteiger partial charge in [0.2, 0.25) is 0 Å². The first-order valence-corrected chi connectivity index (χ1v) is 4.74. The van der Waals surface area contributed by atoms with Gasteiger partial charge in [0.05, 0.1) is 6.33 Å². The molecule has 6 nitrogen and oxygen atoms in total. The van der Waals surface area contributed by atoms with Crippen LogP contribution in [-0.2, 0) is 6.54 Å². The molecule has 0 saturated carbocycles. The summed E-state index contributed by atoms with van der Waals surface area (Å²) in [5, 5.41) is 0. The number of fused-ring (bicyclic) bond motifs is 1. The van der Waals surface area contributed by atoms with Crippen molar-refractivity contribution in [2.45, 2.75) is 18.6 Å². The molecule has 0 amide bonds. The normalized spacial score (nSPS) is 13.1. The standard InChI is InChI=1S/C8H5F5N4O2/c9-7(10,8(11,12)13)1-17-3-4(16-6(17)19)14-2-15-5(3)18/h2H,1H2,(H2,14,15,16,18,19). The van der Waals surface area contributed by atoms with Crippen molar-refractivity contribution in [3.8, 4) is 0 Å². The van der Waals surface area contributed by atoms with Gasteiger partial charge in [-0.25, -0.2) is 9.78 Å². The fraction of sp³-hybridized carbons (Fsp3) is 0.375. The fourth-order valence-corrected chi connectivity index (χ4v) is 1.44. The minimum atomic E-state index is -5.83. The van der Waals surface area contributed by atoms with E-state index in [1.165, 1.54) is 0 Å². The van der Waals surface area contributed by atoms with Crippen LogP contribution in [0, 0.1) is 0 Å². The van der Waals surface area contributed by atoms with Gasteiger partial charge in [-0.3, -0.25) is 14.3 Å². The number of H-pyrrole nitrogens is 2. The first-order valence-electron chi connectivity index (χ1n) is 4.74. The minimum absolute atomic E-state index is 0.00859. The van der Waals surface area contributed by atoms with Gasteiger partial charge in [0, 0.05) is 0 Å². The Hall–Kier alpha value is -2.20. The number of aromatic amines is 2. The Morgan fingerprint density at radius 2 is 1.84 bits per heavy atom. The monoisotopic (exact) mass is 284 g/mol. The summed E-state index contributed by atoms with van der Waals surface area (Å²) >= 11 is 0. The van der Waals surface area contributed by atoms with Crippen molar-refractivity contribution >= 4 is 11.2 Å². The SMILES string of the molecule is O=c1[nH]cnc2[nH]c(=O)n(CC(F)(F)C(F)(F)F)c12. The van der Waals surface area contributed by atoms with Crippen LogP contribution in [0.25, 0.3) is 11.2 Å². The maximum absolute atomic E-state index is 12.9. The highest BCUT2D eigenvalue weighted by atomic mass is 19.4. The third-order valence-corrected chi connectivity index (χ3v) is 2.34. The Morgan fingerprint density at radius 1 is 1.21 bits per heavy atom. The molecule has 0 saturated heterocycles. The second-order valence-corrected chi connectivity index (χ2v) is 3.65. The number of hydrogen-bond acceptors (Lipinski definition) is 3. The van der Waals surface area contributed by atoms with Crippen LogP contribution < -0.4 is 11.2 Å². The molecule has 0 aromatic carbocycles. The Labute approximate surface area is 99.4 Å². The molecule has 0 atom stereocenters. The van der Waals surface area contributed by atoms with Gasteiger partial charge in [-0.15, -0.1) is 0 Å². The van der Waals surface area contributed by atoms with E-state index in [0.717, 1.165) is 6.33 Å². The molecule has 19 heavy (non-hydrogen) atoms. The highest BCUT2D eigenvalue weighted by Crippen LogP contribution is 2.36. The van der Waals surface area contributed by atoms with Crippen molar-refractivity contribution < 1.29 is 22.0 Å². The molecule has 0 bridgehead atoms. The molecular formula is C8H5F5N4O2. The van der Waals surface area contributed by atoms with Crippen LogP contribution in [0.5, 0.6) is 0 Å². The predicted octanol–water partition coefficient (Wildman–Crippen LogP) is 0.611. The van der Waals surface area contributed by atoms with Gasteiger partial charge in [-0.2, -0.15) is 22.0 Å². The Bertz CT molecular complexity index is 725. The summed E-state index contributed by atoms with van der Waals surface area (Å²) in [6, 6.07) is 0. The molecule has 104 valence electrons. The largest absolute Gasteiger partial charge is 0.455 e. The molecular weight excluding hydrogens is 279 g/mol. The van der Waals surface area contributed by atoms with E-state index in [1.54, 1.807) is 0 Å². The molecule has 0 aliphatic heterocycles. The Kier molecular flexibility index (Phi) is 2.72. The molecule has 2 heterocycles. The van der Waals surface area contributed by atoms with Crippen LogP contribution >= 0.6 is 0 Å². The lowest BCUT2D eigenvalue weighted by molar-refractivity contribution is -0.286. The molecule has 2 N–H and O–H groups in total. The molecule has 11 heteroatoms. The second-order valence-electron chi connectivity index (χ2n) is 3.65. The van der Waals surface area contributed by atoms with E-state index >= 15 is 0 Å². The molecule has 0 fully saturated rings. The third-order valence-electron chi connectivity index (χ3n) is 2.34. The number of alkyl halides is 5. The number of nitrogens with one attached hydrogen (secondary N) is 2. The topological polar surface area (TPSA) is 83.5 Å². The van der Waals surface area contributed by atoms with E-state index in [2.05, 4.69) is 4.98 Å². The Morgan fingerprint density at radius 3 is 2.42 bits per heavy atom. The zero-order valence-corrected chi connectivity index (χ0v) is 8.89. The summed E-state index contributed by atoms with van der Waals surface area (Å²) in [5.41, 5.74) is -3.31. The first kappa shape index (κ1) is 13.2. The van der Waals surface area contributed by atoms with Crippen molar-refractivity contribution in [2.24, 2.45) is 0 Å². The summed E-state index contributed by atoms with van der Waals surface area (Å²) < 4.78 is 62.1. The predicted molar refractivity (Wildman–Crippen MR) is 52.0 cm³/mol. The molecule has 0 aliphatic carbocycles. The number of aromatic nitrogens is 4. The van der Waals surface area contributed by atoms with Crippen LogP contribution in [0.4, 0.5) is 22.0 Å². The number of nitrogens with zero attached hydrogens (tertiary/aromatic N) is 2. The molecule has 0 radical (unpaired) electrons. The van der Waals surface area contributed by atoms with Crippen molar-refractivity contribution in [3.63, 3.8) is 0 Å². The van der Waals surface area contributed by atoms with E-state index in [4.69, 9.17) is 0 Å². The van der Waals surface area contributed by atoms with E-state index < -0.39 is 35.4 Å². The summed E-state index contributed by atoms with van der Waals surface area (Å²) in [6.45, 7) is -2.00. The average Bonchev–Trinajstić information content (AvgIpc) is 2.54. The molecule has 2 aromatic rings. The number of halogens is 5. The molecule has 0 aliphatic rings. The van der Waals surface area contributed by atoms with Crippen molar-refractivity contribution in [1.29, 1.82) is 0 Å². The quantitative estimate of drug-likeness (QED) is 0.792. The fourth-order valence-electron chi connectivity index (χ4n) is 1.44. The lowest BCUT2D eigenvalue weighted by atomic mass is 10.3. The van der Waals surface area contributed by atoms with Crippen LogP contribution in [0.1, 0.15) is 0 Å². The van der Waals surface area contributed by atoms with Gasteiger partial charge in [0.1, 0.15) is 6.54 Å². The van der Waals surface area contributed by atoms with Gasteiger partial charge in [-0.1, -0.05) is 0 Å². The van der Waals surface area contributed by atoms with E-state index in [0.29, 0.717) is 0 Å². The summed E-state index contributed by atoms with van der Waals surface area (Å²) in [4.78, 5) is 30.0. The summed E-state index contributed by atoms with van der Waals surface area (Å²) in [5.74, 6) is -5.14. The number of rotatable bonds is 2. The second kappa shape index (κ2) is 3.90. The lowest BCUT2D eigenvalue weighted by Crippen LogP contribution is -2.42. The van der Waals surface area contributed by atoms with Crippen molar-refractivity contribution in [3.05, 3.63) is 27.2 Å². The van der Waals surface area contributed by atoms with Gasteiger partial charge in [0.25, 0.3) is 5.56 Å². The summed E-state index contributed by atoms with van der Waals surface area (Å²) in [7, 11) is 0. The maximum atomic E-state index is 12.9. The smallest absolute Gasteiger partial charge is 0.311 e. The molecule has 0 spiro atoms. The van der Waals surface area contributed by atoms with E-state index in [9.17, 15) is 31.5 Å². The Balaban J connectivity index is 2.62. The zero-order valence-electron chi connectivity index (χ0n) is 8.89. The molecule has 2 rings (SSSR count). The van der Waals surface area contributed by atoms with Crippen LogP contribution in [-0.4, -0.2) is 31.6 Å². The van der Waals surface area contributed by atoms with E-state index in [1.807, 2.05) is 9.97 Å². The molecule has 2 aromatic heterocycles. The van der Waals surface area contributed by atoms with Crippen LogP contribution in [0.2, 0.25) is 0 Å². The average molecular weight is 284 g/mol. The van der Waals surface area contributed by atoms with Gasteiger partial charge < -0.3 is 4.98 Å². The number of hydrogen-bond donors (Lipinski definition) is 2. The van der Waals surface area contributed by atoms with Gasteiger partial charge >= 0.3 is 17.8 Å². The molecule has 0 unspecified atom stereocenters. The van der Waals surface area contributed by atoms with Crippen LogP contribution in [0.15, 0.2) is 15.9 Å². The van der Waals surface area contributed by atoms with Gasteiger partial charge in [-0.05, 0) is 0 Å². The third kappa shape index (κ3) is 2.11. The maximum Gasteiger partial charge on any atom is 0.455 e. The first-order chi connectivity index (χ1) is 8.63. The number of imidazole rings is 1. The minimum Gasteiger partial charge on any atom is -0.311 e. The van der Waals surface area contributed by atoms with Crippen LogP contribution in [0.3, 0.4) is 0 Å². The van der Waals surface area contributed by atoms with E-state index in [-0.39, 0.29) is 10.2 Å². The zero-order chi connectivity index (χ0) is 14.4. The highest BCUT2D eigenvalue weighted by Gasteiger charge is 2.58. The highest BCUT2D eigenvalue weighted by molar-refractivity contribution is 5.68. The van der Waals surface area contributed by atoms with Gasteiger partial charge in [0.15, 0.2) is 11.2 Å². The summed E-state index contributed by atoms with van der Waals surface area (Å²) in [6.07, 6.45) is -4.95. The van der Waals surface area contributed by atoms with Crippen molar-refractivity contribution in [2.75, 3.05) is 0 Å². The van der Waals surface area contributed by atoms with Crippen molar-refractivity contribution in [1.82, 2.24) is 19.5 Å².